The van der Waals surface area contributed by atoms with E-state index >= 15 is 0 Å². The van der Waals surface area contributed by atoms with Crippen LogP contribution in [0.15, 0.2) is 60.7 Å². The fraction of sp³-hybridized carbons (Fsp3) is 0.360. The van der Waals surface area contributed by atoms with E-state index in [1.165, 1.54) is 0 Å². The first-order valence-electron chi connectivity index (χ1n) is 10.8. The lowest BCUT2D eigenvalue weighted by Crippen LogP contribution is -2.43. The van der Waals surface area contributed by atoms with E-state index in [4.69, 9.17) is 0 Å². The number of carbonyl (C=O) groups excluding carboxylic acids is 4. The third-order valence-corrected chi connectivity index (χ3v) is 5.46. The highest BCUT2D eigenvalue weighted by Crippen LogP contribution is 2.14. The molecule has 0 spiro atoms. The molecule has 4 rings (SSSR count). The number of amides is 2. The Bertz CT molecular complexity index is 912. The molecule has 2 aliphatic heterocycles. The van der Waals surface area contributed by atoms with Gasteiger partial charge in [-0.15, -0.1) is 0 Å². The van der Waals surface area contributed by atoms with Crippen LogP contribution in [-0.2, 0) is 9.59 Å². The molecule has 0 saturated carbocycles. The van der Waals surface area contributed by atoms with E-state index in [0.717, 1.165) is 32.1 Å². The third-order valence-electron chi connectivity index (χ3n) is 5.46. The third kappa shape index (κ3) is 6.60. The molecule has 0 radical (unpaired) electrons. The summed E-state index contributed by atoms with van der Waals surface area (Å²) in [7, 11) is 0. The summed E-state index contributed by atoms with van der Waals surface area (Å²) in [6.07, 6.45) is 5.19. The van der Waals surface area contributed by atoms with Gasteiger partial charge in [0.05, 0.1) is 12.1 Å². The predicted octanol–water partition coefficient (Wildman–Crippen LogP) is 3.47. The van der Waals surface area contributed by atoms with Crippen LogP contribution in [0.5, 0.6) is 0 Å². The molecule has 6 nitrogen and oxygen atoms in total. The number of benzene rings is 2. The normalized spacial score (nSPS) is 20.9. The Morgan fingerprint density at radius 3 is 1.52 bits per heavy atom. The Morgan fingerprint density at radius 2 is 1.03 bits per heavy atom. The van der Waals surface area contributed by atoms with Crippen molar-refractivity contribution < 1.29 is 19.2 Å². The van der Waals surface area contributed by atoms with Crippen LogP contribution in [0.3, 0.4) is 0 Å². The van der Waals surface area contributed by atoms with Gasteiger partial charge in [-0.1, -0.05) is 67.1 Å². The van der Waals surface area contributed by atoms with Gasteiger partial charge < -0.3 is 10.6 Å². The molecule has 2 aliphatic rings. The molecular formula is C25H28N2O4. The molecule has 2 aromatic carbocycles. The molecule has 162 valence electrons. The molecule has 31 heavy (non-hydrogen) atoms. The molecule has 2 saturated heterocycles. The molecule has 0 aliphatic carbocycles. The molecule has 2 aromatic rings. The lowest BCUT2D eigenvalue weighted by atomic mass is 9.96. The number of ketones is 2. The van der Waals surface area contributed by atoms with Crippen molar-refractivity contribution in [3.63, 3.8) is 0 Å². The summed E-state index contributed by atoms with van der Waals surface area (Å²) in [5.41, 5.74) is 1.35. The van der Waals surface area contributed by atoms with Crippen molar-refractivity contribution in [1.29, 1.82) is 0 Å². The Morgan fingerprint density at radius 1 is 0.613 bits per heavy atom. The SMILES string of the molecule is O=C1CCCC(C(=O)c2ccccc2)N1.O=C1CCCCC(C(=O)c2ccccc2)N1. The first-order chi connectivity index (χ1) is 15.0. The van der Waals surface area contributed by atoms with E-state index in [1.807, 2.05) is 36.4 Å². The fourth-order valence-electron chi connectivity index (χ4n) is 3.78. The van der Waals surface area contributed by atoms with Crippen LogP contribution in [0.2, 0.25) is 0 Å². The van der Waals surface area contributed by atoms with Gasteiger partial charge in [0, 0.05) is 24.0 Å². The van der Waals surface area contributed by atoms with E-state index in [0.29, 0.717) is 24.0 Å². The molecular weight excluding hydrogens is 392 g/mol. The lowest BCUT2D eigenvalue weighted by Gasteiger charge is -2.21. The Balaban J connectivity index is 0.000000176. The second-order valence-electron chi connectivity index (χ2n) is 7.84. The van der Waals surface area contributed by atoms with E-state index in [9.17, 15) is 19.2 Å². The van der Waals surface area contributed by atoms with Crippen molar-refractivity contribution in [2.24, 2.45) is 0 Å². The molecule has 2 fully saturated rings. The minimum absolute atomic E-state index is 0.00761. The van der Waals surface area contributed by atoms with Crippen molar-refractivity contribution in [2.75, 3.05) is 0 Å². The Labute approximate surface area is 182 Å². The van der Waals surface area contributed by atoms with Crippen LogP contribution in [0.25, 0.3) is 0 Å². The molecule has 2 N–H and O–H groups in total. The molecule has 2 heterocycles. The van der Waals surface area contributed by atoms with Gasteiger partial charge in [0.1, 0.15) is 0 Å². The van der Waals surface area contributed by atoms with Crippen LogP contribution in [0.1, 0.15) is 65.7 Å². The number of rotatable bonds is 4. The number of piperidine rings is 1. The van der Waals surface area contributed by atoms with Gasteiger partial charge in [-0.2, -0.15) is 0 Å². The highest BCUT2D eigenvalue weighted by Gasteiger charge is 2.25. The van der Waals surface area contributed by atoms with Crippen LogP contribution >= 0.6 is 0 Å². The second kappa shape index (κ2) is 11.2. The van der Waals surface area contributed by atoms with Crippen molar-refractivity contribution in [1.82, 2.24) is 10.6 Å². The van der Waals surface area contributed by atoms with Gasteiger partial charge >= 0.3 is 0 Å². The van der Waals surface area contributed by atoms with Gasteiger partial charge in [-0.05, 0) is 25.7 Å². The Hall–Kier alpha value is -3.28. The minimum Gasteiger partial charge on any atom is -0.346 e. The maximum Gasteiger partial charge on any atom is 0.220 e. The first-order valence-corrected chi connectivity index (χ1v) is 10.8. The summed E-state index contributed by atoms with van der Waals surface area (Å²) in [6, 6.07) is 17.6. The number of Topliss-reactive ketones (excluding diaryl/α,β-unsaturated/α-hetero) is 2. The smallest absolute Gasteiger partial charge is 0.220 e. The second-order valence-corrected chi connectivity index (χ2v) is 7.84. The Kier molecular flexibility index (Phi) is 8.10. The summed E-state index contributed by atoms with van der Waals surface area (Å²) in [4.78, 5) is 46.5. The number of carbonyl (C=O) groups is 4. The zero-order chi connectivity index (χ0) is 22.1. The van der Waals surface area contributed by atoms with Crippen molar-refractivity contribution >= 4 is 23.4 Å². The van der Waals surface area contributed by atoms with Gasteiger partial charge in [0.2, 0.25) is 11.8 Å². The lowest BCUT2D eigenvalue weighted by molar-refractivity contribution is -0.123. The largest absolute Gasteiger partial charge is 0.346 e. The zero-order valence-electron chi connectivity index (χ0n) is 17.5. The summed E-state index contributed by atoms with van der Waals surface area (Å²) >= 11 is 0. The molecule has 2 atom stereocenters. The maximum atomic E-state index is 12.1. The molecule has 0 aromatic heterocycles. The summed E-state index contributed by atoms with van der Waals surface area (Å²) in [6.45, 7) is 0. The first kappa shape index (κ1) is 22.4. The van der Waals surface area contributed by atoms with E-state index < -0.39 is 0 Å². The maximum absolute atomic E-state index is 12.1. The number of nitrogens with one attached hydrogen (secondary N) is 2. The number of hydrogen-bond donors (Lipinski definition) is 2. The minimum atomic E-state index is -0.336. The summed E-state index contributed by atoms with van der Waals surface area (Å²) in [5, 5.41) is 5.51. The topological polar surface area (TPSA) is 92.3 Å². The van der Waals surface area contributed by atoms with Gasteiger partial charge in [-0.3, -0.25) is 19.2 Å². The van der Waals surface area contributed by atoms with E-state index in [1.54, 1.807) is 24.3 Å². The molecule has 2 unspecified atom stereocenters. The fourth-order valence-corrected chi connectivity index (χ4v) is 3.78. The number of hydrogen-bond acceptors (Lipinski definition) is 4. The average Bonchev–Trinajstić information content (AvgIpc) is 3.04. The predicted molar refractivity (Wildman–Crippen MR) is 118 cm³/mol. The van der Waals surface area contributed by atoms with Gasteiger partial charge in [-0.25, -0.2) is 0 Å². The monoisotopic (exact) mass is 420 g/mol. The van der Waals surface area contributed by atoms with Crippen molar-refractivity contribution in [2.45, 2.75) is 57.0 Å². The van der Waals surface area contributed by atoms with Crippen LogP contribution < -0.4 is 10.6 Å². The van der Waals surface area contributed by atoms with Crippen molar-refractivity contribution in [3.8, 4) is 0 Å². The highest BCUT2D eigenvalue weighted by molar-refractivity contribution is 6.02. The molecule has 2 amide bonds. The summed E-state index contributed by atoms with van der Waals surface area (Å²) in [5.74, 6) is 0.0156. The van der Waals surface area contributed by atoms with Gasteiger partial charge in [0.25, 0.3) is 0 Å². The molecule has 6 heteroatoms. The molecule has 0 bridgehead atoms. The standard InChI is InChI=1S/C13H15NO2.C12H13NO2/c15-12-9-5-4-8-11(14-12)13(16)10-6-2-1-3-7-10;14-11-8-4-7-10(13-11)12(15)9-5-2-1-3-6-9/h1-3,6-7,11H,4-5,8-9H2,(H,14,15);1-3,5-6,10H,4,7-8H2,(H,13,14). The highest BCUT2D eigenvalue weighted by atomic mass is 16.2. The van der Waals surface area contributed by atoms with Crippen molar-refractivity contribution in [3.05, 3.63) is 71.8 Å². The van der Waals surface area contributed by atoms with E-state index in [2.05, 4.69) is 10.6 Å². The van der Waals surface area contributed by atoms with Gasteiger partial charge in [0.15, 0.2) is 11.6 Å². The quantitative estimate of drug-likeness (QED) is 0.741. The van der Waals surface area contributed by atoms with E-state index in [-0.39, 0.29) is 35.5 Å². The van der Waals surface area contributed by atoms with Crippen LogP contribution in [0.4, 0.5) is 0 Å². The van der Waals surface area contributed by atoms with Crippen LogP contribution in [0, 0.1) is 0 Å². The summed E-state index contributed by atoms with van der Waals surface area (Å²) < 4.78 is 0. The van der Waals surface area contributed by atoms with Crippen LogP contribution in [-0.4, -0.2) is 35.5 Å². The zero-order valence-corrected chi connectivity index (χ0v) is 17.5. The average molecular weight is 421 g/mol.